The van der Waals surface area contributed by atoms with Crippen LogP contribution in [0.4, 0.5) is 0 Å². The highest BCUT2D eigenvalue weighted by Crippen LogP contribution is 2.50. The average Bonchev–Trinajstić information content (AvgIpc) is 3.00. The molecule has 1 aromatic rings. The maximum atomic E-state index is 10.5. The number of fused-ring (bicyclic) bond motifs is 2. The van der Waals surface area contributed by atoms with Gasteiger partial charge in [-0.25, -0.2) is 0 Å². The summed E-state index contributed by atoms with van der Waals surface area (Å²) < 4.78 is 1.69. The summed E-state index contributed by atoms with van der Waals surface area (Å²) in [4.78, 5) is 0. The van der Waals surface area contributed by atoms with Gasteiger partial charge < -0.3 is 5.11 Å². The number of rotatable bonds is 3. The number of hydrogen-bond donors (Lipinski definition) is 1. The summed E-state index contributed by atoms with van der Waals surface area (Å²) in [6, 6.07) is 0. The fourth-order valence-corrected chi connectivity index (χ4v) is 4.28. The molecule has 4 heteroatoms. The molecule has 0 aliphatic heterocycles. The largest absolute Gasteiger partial charge is 0.392 e. The molecule has 4 unspecified atom stereocenters. The fraction of sp³-hybridized carbons (Fsp3) is 0.786. The molecule has 0 spiro atoms. The Morgan fingerprint density at radius 1 is 1.44 bits per heavy atom. The maximum Gasteiger partial charge on any atom is 0.130 e. The van der Waals surface area contributed by atoms with Gasteiger partial charge in [0.1, 0.15) is 5.15 Å². The lowest BCUT2D eigenvalue weighted by Crippen LogP contribution is -2.27. The highest BCUT2D eigenvalue weighted by Gasteiger charge is 2.42. The Balaban J connectivity index is 1.72. The minimum absolute atomic E-state index is 0.249. The molecule has 1 heterocycles. The van der Waals surface area contributed by atoms with E-state index in [0.717, 1.165) is 23.1 Å². The molecule has 2 aliphatic carbocycles. The molecule has 0 radical (unpaired) electrons. The molecule has 0 aromatic carbocycles. The first-order chi connectivity index (χ1) is 8.56. The molecular weight excluding hydrogens is 248 g/mol. The molecule has 3 rings (SSSR count). The second-order valence-electron chi connectivity index (χ2n) is 6.09. The van der Waals surface area contributed by atoms with Gasteiger partial charge in [-0.1, -0.05) is 18.0 Å². The zero-order chi connectivity index (χ0) is 12.9. The van der Waals surface area contributed by atoms with E-state index < -0.39 is 0 Å². The van der Waals surface area contributed by atoms with Crippen LogP contribution in [-0.4, -0.2) is 21.0 Å². The first-order valence-corrected chi connectivity index (χ1v) is 7.30. The minimum atomic E-state index is -0.249. The molecule has 2 saturated carbocycles. The molecule has 18 heavy (non-hydrogen) atoms. The fourth-order valence-electron chi connectivity index (χ4n) is 4.03. The summed E-state index contributed by atoms with van der Waals surface area (Å²) in [5.74, 6) is 2.11. The number of halogens is 1. The normalized spacial score (nSPS) is 32.1. The van der Waals surface area contributed by atoms with Gasteiger partial charge in [-0.2, -0.15) is 5.10 Å². The SMILES string of the molecule is Cc1nn(C)c(Cl)c1CC(O)C1CC2CCC1C2. The van der Waals surface area contributed by atoms with E-state index in [1.165, 1.54) is 25.7 Å². The first-order valence-electron chi connectivity index (χ1n) is 6.92. The number of hydrogen-bond acceptors (Lipinski definition) is 2. The third-order valence-corrected chi connectivity index (χ3v) is 5.44. The van der Waals surface area contributed by atoms with Crippen molar-refractivity contribution < 1.29 is 5.11 Å². The van der Waals surface area contributed by atoms with Crippen LogP contribution in [0.5, 0.6) is 0 Å². The molecule has 1 aromatic heterocycles. The lowest BCUT2D eigenvalue weighted by Gasteiger charge is -2.26. The van der Waals surface area contributed by atoms with Crippen molar-refractivity contribution in [2.45, 2.75) is 45.1 Å². The van der Waals surface area contributed by atoms with Crippen molar-refractivity contribution >= 4 is 11.6 Å². The van der Waals surface area contributed by atoms with Crippen LogP contribution in [0.3, 0.4) is 0 Å². The molecular formula is C14H21ClN2O. The van der Waals surface area contributed by atoms with E-state index in [4.69, 9.17) is 11.6 Å². The van der Waals surface area contributed by atoms with E-state index in [-0.39, 0.29) is 6.10 Å². The molecule has 2 bridgehead atoms. The van der Waals surface area contributed by atoms with E-state index in [1.807, 2.05) is 14.0 Å². The summed E-state index contributed by atoms with van der Waals surface area (Å²) in [5, 5.41) is 15.5. The van der Waals surface area contributed by atoms with E-state index in [9.17, 15) is 5.11 Å². The van der Waals surface area contributed by atoms with E-state index in [2.05, 4.69) is 5.10 Å². The van der Waals surface area contributed by atoms with Crippen LogP contribution >= 0.6 is 11.6 Å². The van der Waals surface area contributed by atoms with Crippen LogP contribution in [0.15, 0.2) is 0 Å². The smallest absolute Gasteiger partial charge is 0.130 e. The van der Waals surface area contributed by atoms with Crippen molar-refractivity contribution in [2.24, 2.45) is 24.8 Å². The van der Waals surface area contributed by atoms with E-state index in [1.54, 1.807) is 4.68 Å². The second-order valence-corrected chi connectivity index (χ2v) is 6.45. The van der Waals surface area contributed by atoms with Crippen LogP contribution in [0.25, 0.3) is 0 Å². The lowest BCUT2D eigenvalue weighted by molar-refractivity contribution is 0.0749. The van der Waals surface area contributed by atoms with Gasteiger partial charge in [-0.3, -0.25) is 4.68 Å². The Hall–Kier alpha value is -0.540. The van der Waals surface area contributed by atoms with Gasteiger partial charge in [0.15, 0.2) is 0 Å². The predicted molar refractivity (Wildman–Crippen MR) is 71.6 cm³/mol. The van der Waals surface area contributed by atoms with Gasteiger partial charge in [0.2, 0.25) is 0 Å². The lowest BCUT2D eigenvalue weighted by atomic mass is 9.82. The monoisotopic (exact) mass is 268 g/mol. The molecule has 2 aliphatic rings. The van der Waals surface area contributed by atoms with Crippen molar-refractivity contribution in [3.63, 3.8) is 0 Å². The van der Waals surface area contributed by atoms with Crippen molar-refractivity contribution in [1.82, 2.24) is 9.78 Å². The quantitative estimate of drug-likeness (QED) is 0.915. The molecule has 2 fully saturated rings. The number of aliphatic hydroxyl groups excluding tert-OH is 1. The number of aliphatic hydroxyl groups is 1. The van der Waals surface area contributed by atoms with Gasteiger partial charge in [-0.05, 0) is 43.9 Å². The average molecular weight is 269 g/mol. The van der Waals surface area contributed by atoms with Gasteiger partial charge in [0.25, 0.3) is 0 Å². The van der Waals surface area contributed by atoms with Crippen molar-refractivity contribution in [2.75, 3.05) is 0 Å². The standard InChI is InChI=1S/C14H21ClN2O/c1-8-11(14(15)17(2)16-8)7-13(18)12-6-9-3-4-10(12)5-9/h9-10,12-13,18H,3-7H2,1-2H3. The van der Waals surface area contributed by atoms with Crippen LogP contribution in [0, 0.1) is 24.7 Å². The number of aryl methyl sites for hydroxylation is 2. The Morgan fingerprint density at radius 3 is 2.72 bits per heavy atom. The molecule has 0 saturated heterocycles. The number of aromatic nitrogens is 2. The zero-order valence-corrected chi connectivity index (χ0v) is 11.8. The molecule has 3 nitrogen and oxygen atoms in total. The first kappa shape index (κ1) is 12.5. The third-order valence-electron chi connectivity index (χ3n) is 4.97. The maximum absolute atomic E-state index is 10.5. The molecule has 4 atom stereocenters. The number of nitrogens with zero attached hydrogens (tertiary/aromatic N) is 2. The second kappa shape index (κ2) is 4.53. The minimum Gasteiger partial charge on any atom is -0.392 e. The highest BCUT2D eigenvalue weighted by molar-refractivity contribution is 6.30. The van der Waals surface area contributed by atoms with Gasteiger partial charge in [-0.15, -0.1) is 0 Å². The zero-order valence-electron chi connectivity index (χ0n) is 11.1. The van der Waals surface area contributed by atoms with Crippen LogP contribution in [0.2, 0.25) is 5.15 Å². The summed E-state index contributed by atoms with van der Waals surface area (Å²) in [5.41, 5.74) is 1.97. The summed E-state index contributed by atoms with van der Waals surface area (Å²) in [6.45, 7) is 1.97. The molecule has 1 N–H and O–H groups in total. The Morgan fingerprint density at radius 2 is 2.22 bits per heavy atom. The summed E-state index contributed by atoms with van der Waals surface area (Å²) in [7, 11) is 1.85. The van der Waals surface area contributed by atoms with Gasteiger partial charge >= 0.3 is 0 Å². The van der Waals surface area contributed by atoms with Crippen LogP contribution in [-0.2, 0) is 13.5 Å². The van der Waals surface area contributed by atoms with Gasteiger partial charge in [0.05, 0.1) is 11.8 Å². The third kappa shape index (κ3) is 1.97. The van der Waals surface area contributed by atoms with Crippen molar-refractivity contribution in [3.05, 3.63) is 16.4 Å². The van der Waals surface area contributed by atoms with E-state index >= 15 is 0 Å². The topological polar surface area (TPSA) is 38.0 Å². The Kier molecular flexibility index (Phi) is 3.15. The van der Waals surface area contributed by atoms with Crippen LogP contribution in [0.1, 0.15) is 36.9 Å². The molecule has 100 valence electrons. The van der Waals surface area contributed by atoms with Crippen molar-refractivity contribution in [3.8, 4) is 0 Å². The predicted octanol–water partition coefficient (Wildman–Crippen LogP) is 2.72. The molecule has 0 amide bonds. The van der Waals surface area contributed by atoms with Crippen molar-refractivity contribution in [1.29, 1.82) is 0 Å². The summed E-state index contributed by atoms with van der Waals surface area (Å²) in [6.07, 6.45) is 5.64. The van der Waals surface area contributed by atoms with E-state index in [0.29, 0.717) is 17.5 Å². The van der Waals surface area contributed by atoms with Crippen LogP contribution < -0.4 is 0 Å². The Labute approximate surface area is 113 Å². The Bertz CT molecular complexity index is 457. The summed E-state index contributed by atoms with van der Waals surface area (Å²) >= 11 is 6.23. The van der Waals surface area contributed by atoms with Gasteiger partial charge in [0, 0.05) is 19.0 Å². The highest BCUT2D eigenvalue weighted by atomic mass is 35.5.